The third-order valence-corrected chi connectivity index (χ3v) is 3.90. The zero-order valence-electron chi connectivity index (χ0n) is 12.2. The smallest absolute Gasteiger partial charge is 0.222 e. The minimum absolute atomic E-state index is 0.267. The van der Waals surface area contributed by atoms with E-state index in [-0.39, 0.29) is 5.91 Å². The number of rotatable bonds is 6. The number of nitrogens with two attached hydrogens (primary N) is 1. The second-order valence-corrected chi connectivity index (χ2v) is 5.92. The van der Waals surface area contributed by atoms with Crippen molar-refractivity contribution in [2.45, 2.75) is 32.6 Å². The molecule has 18 heavy (non-hydrogen) atoms. The topological polar surface area (TPSA) is 49.6 Å². The number of likely N-dealkylation sites (tertiary alicyclic amines) is 1. The van der Waals surface area contributed by atoms with Gasteiger partial charge in [-0.05, 0) is 51.2 Å². The van der Waals surface area contributed by atoms with Crippen LogP contribution in [0, 0.1) is 11.8 Å². The first-order valence-electron chi connectivity index (χ1n) is 7.15. The molecule has 4 heteroatoms. The number of amides is 1. The summed E-state index contributed by atoms with van der Waals surface area (Å²) in [4.78, 5) is 16.2. The summed E-state index contributed by atoms with van der Waals surface area (Å²) in [6.45, 7) is 5.86. The Bertz CT molecular complexity index is 257. The van der Waals surface area contributed by atoms with Gasteiger partial charge in [0.1, 0.15) is 0 Å². The van der Waals surface area contributed by atoms with Crippen molar-refractivity contribution in [1.29, 1.82) is 0 Å². The lowest BCUT2D eigenvalue weighted by atomic mass is 9.93. The van der Waals surface area contributed by atoms with Crippen LogP contribution in [0.3, 0.4) is 0 Å². The minimum atomic E-state index is 0.267. The van der Waals surface area contributed by atoms with Crippen molar-refractivity contribution in [3.63, 3.8) is 0 Å². The SMILES string of the molecule is CC(CN)CN(C)C(=O)CCC1CCCN(C)C1. The summed E-state index contributed by atoms with van der Waals surface area (Å²) in [7, 11) is 4.06. The number of carbonyl (C=O) groups excluding carboxylic acids is 1. The highest BCUT2D eigenvalue weighted by molar-refractivity contribution is 5.75. The summed E-state index contributed by atoms with van der Waals surface area (Å²) in [6, 6.07) is 0. The van der Waals surface area contributed by atoms with E-state index in [4.69, 9.17) is 5.73 Å². The van der Waals surface area contributed by atoms with Crippen LogP contribution >= 0.6 is 0 Å². The van der Waals surface area contributed by atoms with Crippen LogP contribution in [0.5, 0.6) is 0 Å². The monoisotopic (exact) mass is 255 g/mol. The standard InChI is InChI=1S/C14H29N3O/c1-12(9-15)10-17(3)14(18)7-6-13-5-4-8-16(2)11-13/h12-13H,4-11,15H2,1-3H3. The first-order chi connectivity index (χ1) is 8.52. The van der Waals surface area contributed by atoms with Crippen LogP contribution in [0.2, 0.25) is 0 Å². The van der Waals surface area contributed by atoms with Gasteiger partial charge in [-0.2, -0.15) is 0 Å². The molecule has 106 valence electrons. The minimum Gasteiger partial charge on any atom is -0.345 e. The zero-order valence-corrected chi connectivity index (χ0v) is 12.2. The van der Waals surface area contributed by atoms with Crippen LogP contribution in [0.15, 0.2) is 0 Å². The van der Waals surface area contributed by atoms with Gasteiger partial charge in [-0.3, -0.25) is 4.79 Å². The lowest BCUT2D eigenvalue weighted by Crippen LogP contribution is -2.35. The predicted octanol–water partition coefficient (Wildman–Crippen LogP) is 1.16. The first kappa shape index (κ1) is 15.4. The molecule has 2 N–H and O–H groups in total. The van der Waals surface area contributed by atoms with Crippen LogP contribution in [0.1, 0.15) is 32.6 Å². The molecular formula is C14H29N3O. The normalized spacial score (nSPS) is 22.8. The van der Waals surface area contributed by atoms with Crippen LogP contribution in [0.25, 0.3) is 0 Å². The highest BCUT2D eigenvalue weighted by Gasteiger charge is 2.19. The van der Waals surface area contributed by atoms with Gasteiger partial charge >= 0.3 is 0 Å². The van der Waals surface area contributed by atoms with E-state index in [1.54, 1.807) is 0 Å². The van der Waals surface area contributed by atoms with Gasteiger partial charge in [0.2, 0.25) is 5.91 Å². The Morgan fingerprint density at radius 3 is 2.89 bits per heavy atom. The number of carbonyl (C=O) groups is 1. The summed E-state index contributed by atoms with van der Waals surface area (Å²) < 4.78 is 0. The molecule has 4 nitrogen and oxygen atoms in total. The van der Waals surface area contributed by atoms with Crippen LogP contribution in [-0.4, -0.2) is 56.0 Å². The van der Waals surface area contributed by atoms with E-state index in [0.717, 1.165) is 19.5 Å². The van der Waals surface area contributed by atoms with Crippen molar-refractivity contribution in [1.82, 2.24) is 9.80 Å². The van der Waals surface area contributed by atoms with Crippen molar-refractivity contribution in [3.8, 4) is 0 Å². The molecule has 0 bridgehead atoms. The summed E-state index contributed by atoms with van der Waals surface area (Å²) in [6.07, 6.45) is 4.27. The maximum Gasteiger partial charge on any atom is 0.222 e. The maximum atomic E-state index is 12.0. The Labute approximate surface area is 111 Å². The molecule has 1 amide bonds. The Morgan fingerprint density at radius 2 is 2.28 bits per heavy atom. The lowest BCUT2D eigenvalue weighted by Gasteiger charge is -2.30. The molecule has 1 rings (SSSR count). The Balaban J connectivity index is 2.23. The van der Waals surface area contributed by atoms with Gasteiger partial charge in [0, 0.05) is 26.6 Å². The molecule has 0 aromatic heterocycles. The summed E-state index contributed by atoms with van der Waals surface area (Å²) in [5, 5.41) is 0. The van der Waals surface area contributed by atoms with E-state index in [1.807, 2.05) is 11.9 Å². The lowest BCUT2D eigenvalue weighted by molar-refractivity contribution is -0.130. The second-order valence-electron chi connectivity index (χ2n) is 5.92. The van der Waals surface area contributed by atoms with Gasteiger partial charge in [0.25, 0.3) is 0 Å². The molecule has 1 saturated heterocycles. The predicted molar refractivity (Wildman–Crippen MR) is 75.3 cm³/mol. The van der Waals surface area contributed by atoms with Gasteiger partial charge in [0.05, 0.1) is 0 Å². The van der Waals surface area contributed by atoms with Crippen molar-refractivity contribution >= 4 is 5.91 Å². The molecule has 1 fully saturated rings. The van der Waals surface area contributed by atoms with Gasteiger partial charge in [-0.25, -0.2) is 0 Å². The molecule has 1 heterocycles. The first-order valence-corrected chi connectivity index (χ1v) is 7.15. The van der Waals surface area contributed by atoms with E-state index < -0.39 is 0 Å². The third kappa shape index (κ3) is 5.36. The molecule has 0 radical (unpaired) electrons. The number of hydrogen-bond donors (Lipinski definition) is 1. The van der Waals surface area contributed by atoms with E-state index in [1.165, 1.54) is 19.4 Å². The highest BCUT2D eigenvalue weighted by Crippen LogP contribution is 2.20. The largest absolute Gasteiger partial charge is 0.345 e. The summed E-state index contributed by atoms with van der Waals surface area (Å²) in [5.74, 6) is 1.36. The fraction of sp³-hybridized carbons (Fsp3) is 0.929. The fourth-order valence-corrected chi connectivity index (χ4v) is 2.67. The Hall–Kier alpha value is -0.610. The second kappa shape index (κ2) is 7.74. The van der Waals surface area contributed by atoms with Crippen LogP contribution in [-0.2, 0) is 4.79 Å². The van der Waals surface area contributed by atoms with E-state index in [9.17, 15) is 4.79 Å². The number of nitrogens with zero attached hydrogens (tertiary/aromatic N) is 2. The molecule has 2 unspecified atom stereocenters. The number of piperidine rings is 1. The summed E-state index contributed by atoms with van der Waals surface area (Å²) in [5.41, 5.74) is 5.58. The van der Waals surface area contributed by atoms with E-state index in [2.05, 4.69) is 18.9 Å². The van der Waals surface area contributed by atoms with Crippen LogP contribution < -0.4 is 5.73 Å². The van der Waals surface area contributed by atoms with Crippen molar-refractivity contribution in [3.05, 3.63) is 0 Å². The van der Waals surface area contributed by atoms with Gasteiger partial charge in [-0.1, -0.05) is 6.92 Å². The fourth-order valence-electron chi connectivity index (χ4n) is 2.67. The Morgan fingerprint density at radius 1 is 1.56 bits per heavy atom. The third-order valence-electron chi connectivity index (χ3n) is 3.90. The van der Waals surface area contributed by atoms with Crippen molar-refractivity contribution < 1.29 is 4.79 Å². The molecule has 0 saturated carbocycles. The van der Waals surface area contributed by atoms with Crippen molar-refractivity contribution in [2.75, 3.05) is 40.3 Å². The van der Waals surface area contributed by atoms with Crippen LogP contribution in [0.4, 0.5) is 0 Å². The molecule has 2 atom stereocenters. The quantitative estimate of drug-likeness (QED) is 0.775. The van der Waals surface area contributed by atoms with Gasteiger partial charge in [-0.15, -0.1) is 0 Å². The van der Waals surface area contributed by atoms with Gasteiger partial charge < -0.3 is 15.5 Å². The Kier molecular flexibility index (Phi) is 6.65. The van der Waals surface area contributed by atoms with Crippen molar-refractivity contribution in [2.24, 2.45) is 17.6 Å². The molecular weight excluding hydrogens is 226 g/mol. The highest BCUT2D eigenvalue weighted by atomic mass is 16.2. The molecule has 1 aliphatic heterocycles. The maximum absolute atomic E-state index is 12.0. The van der Waals surface area contributed by atoms with Gasteiger partial charge in [0.15, 0.2) is 0 Å². The molecule has 1 aliphatic rings. The number of hydrogen-bond acceptors (Lipinski definition) is 3. The average molecular weight is 255 g/mol. The van der Waals surface area contributed by atoms with E-state index >= 15 is 0 Å². The molecule has 0 aliphatic carbocycles. The molecule has 0 aromatic carbocycles. The van der Waals surface area contributed by atoms with E-state index in [0.29, 0.717) is 24.8 Å². The average Bonchev–Trinajstić information content (AvgIpc) is 2.35. The summed E-state index contributed by atoms with van der Waals surface area (Å²) >= 11 is 0. The molecule has 0 aromatic rings. The zero-order chi connectivity index (χ0) is 13.5. The molecule has 0 spiro atoms.